The van der Waals surface area contributed by atoms with Gasteiger partial charge in [-0.25, -0.2) is 0 Å². The van der Waals surface area contributed by atoms with Gasteiger partial charge in [0.2, 0.25) is 0 Å². The quantitative estimate of drug-likeness (QED) is 0.620. The highest BCUT2D eigenvalue weighted by Gasteiger charge is 2.45. The smallest absolute Gasteiger partial charge is 0.418 e. The van der Waals surface area contributed by atoms with Crippen molar-refractivity contribution in [1.82, 2.24) is 4.98 Å². The van der Waals surface area contributed by atoms with Crippen LogP contribution in [0.2, 0.25) is 0 Å². The van der Waals surface area contributed by atoms with Crippen molar-refractivity contribution in [3.8, 4) is 0 Å². The third-order valence-corrected chi connectivity index (χ3v) is 2.16. The molecule has 0 atom stereocenters. The minimum atomic E-state index is -5.28. The Balaban J connectivity index is 3.44. The maximum Gasteiger partial charge on any atom is 0.418 e. The lowest BCUT2D eigenvalue weighted by Crippen LogP contribution is -2.21. The number of alkyl halides is 6. The third-order valence-electron chi connectivity index (χ3n) is 2.16. The topological polar surface area (TPSA) is 39.2 Å². The molecule has 0 spiro atoms. The van der Waals surface area contributed by atoms with Gasteiger partial charge in [-0.1, -0.05) is 0 Å². The standard InChI is InChI=1S/C10H7F6NO2/c1-19-7(18)4-6-8(10(14,15)16)5(2-3-17-6)9(11,12)13/h2-3H,4H2,1H3. The van der Waals surface area contributed by atoms with Crippen LogP contribution in [-0.2, 0) is 28.3 Å². The zero-order valence-corrected chi connectivity index (χ0v) is 9.39. The summed E-state index contributed by atoms with van der Waals surface area (Å²) in [7, 11) is 0.906. The van der Waals surface area contributed by atoms with Crippen LogP contribution >= 0.6 is 0 Å². The van der Waals surface area contributed by atoms with Crippen LogP contribution in [-0.4, -0.2) is 18.1 Å². The molecular weight excluding hydrogens is 280 g/mol. The summed E-state index contributed by atoms with van der Waals surface area (Å²) < 4.78 is 79.8. The first kappa shape index (κ1) is 15.3. The molecule has 0 saturated carbocycles. The monoisotopic (exact) mass is 287 g/mol. The fraction of sp³-hybridized carbons (Fsp3) is 0.400. The Morgan fingerprint density at radius 1 is 1.21 bits per heavy atom. The Morgan fingerprint density at radius 3 is 2.21 bits per heavy atom. The highest BCUT2D eigenvalue weighted by Crippen LogP contribution is 2.41. The minimum absolute atomic E-state index is 0.212. The molecule has 0 aliphatic carbocycles. The number of methoxy groups -OCH3 is 1. The number of pyridine rings is 1. The Labute approximate surface area is 103 Å². The van der Waals surface area contributed by atoms with Gasteiger partial charge in [0.1, 0.15) is 0 Å². The second kappa shape index (κ2) is 5.06. The number of nitrogens with zero attached hydrogens (tertiary/aromatic N) is 1. The molecule has 0 saturated heterocycles. The first-order valence-corrected chi connectivity index (χ1v) is 4.76. The first-order chi connectivity index (χ1) is 8.57. The number of hydrogen-bond donors (Lipinski definition) is 0. The van der Waals surface area contributed by atoms with E-state index >= 15 is 0 Å². The van der Waals surface area contributed by atoms with Crippen molar-refractivity contribution >= 4 is 5.97 Å². The van der Waals surface area contributed by atoms with Crippen LogP contribution in [0.25, 0.3) is 0 Å². The molecule has 19 heavy (non-hydrogen) atoms. The van der Waals surface area contributed by atoms with E-state index < -0.39 is 41.6 Å². The normalized spacial score (nSPS) is 12.4. The van der Waals surface area contributed by atoms with Gasteiger partial charge in [-0.2, -0.15) is 26.3 Å². The van der Waals surface area contributed by atoms with Crippen molar-refractivity contribution in [3.63, 3.8) is 0 Å². The van der Waals surface area contributed by atoms with Crippen LogP contribution in [0.5, 0.6) is 0 Å². The maximum atomic E-state index is 12.7. The van der Waals surface area contributed by atoms with E-state index in [2.05, 4.69) is 9.72 Å². The average molecular weight is 287 g/mol. The number of rotatable bonds is 2. The molecule has 1 aromatic heterocycles. The predicted octanol–water partition coefficient (Wildman–Crippen LogP) is 2.83. The van der Waals surface area contributed by atoms with Gasteiger partial charge in [-0.15, -0.1) is 0 Å². The van der Waals surface area contributed by atoms with E-state index in [4.69, 9.17) is 0 Å². The highest BCUT2D eigenvalue weighted by atomic mass is 19.4. The molecule has 106 valence electrons. The summed E-state index contributed by atoms with van der Waals surface area (Å²) in [6.07, 6.45) is -10.9. The first-order valence-electron chi connectivity index (χ1n) is 4.76. The summed E-state index contributed by atoms with van der Waals surface area (Å²) >= 11 is 0. The molecular formula is C10H7F6NO2. The highest BCUT2D eigenvalue weighted by molar-refractivity contribution is 5.72. The summed E-state index contributed by atoms with van der Waals surface area (Å²) in [5.74, 6) is -1.11. The number of halogens is 6. The van der Waals surface area contributed by atoms with Crippen molar-refractivity contribution < 1.29 is 35.9 Å². The van der Waals surface area contributed by atoms with Gasteiger partial charge in [-0.05, 0) is 6.07 Å². The van der Waals surface area contributed by atoms with Crippen molar-refractivity contribution in [1.29, 1.82) is 0 Å². The van der Waals surface area contributed by atoms with Gasteiger partial charge < -0.3 is 4.74 Å². The van der Waals surface area contributed by atoms with Gasteiger partial charge in [0.05, 0.1) is 30.4 Å². The van der Waals surface area contributed by atoms with Gasteiger partial charge in [0, 0.05) is 6.20 Å². The lowest BCUT2D eigenvalue weighted by Gasteiger charge is -2.17. The van der Waals surface area contributed by atoms with Crippen LogP contribution in [0.4, 0.5) is 26.3 Å². The Bertz CT molecular complexity index is 480. The van der Waals surface area contributed by atoms with E-state index in [0.29, 0.717) is 6.20 Å². The number of carbonyl (C=O) groups is 1. The number of esters is 1. The Kier molecular flexibility index (Phi) is 4.06. The Morgan fingerprint density at radius 2 is 1.79 bits per heavy atom. The third kappa shape index (κ3) is 3.58. The van der Waals surface area contributed by atoms with Crippen LogP contribution in [0.3, 0.4) is 0 Å². The number of aromatic nitrogens is 1. The van der Waals surface area contributed by atoms with Crippen LogP contribution < -0.4 is 0 Å². The minimum Gasteiger partial charge on any atom is -0.469 e. The average Bonchev–Trinajstić information content (AvgIpc) is 2.25. The van der Waals surface area contributed by atoms with Crippen molar-refractivity contribution in [2.45, 2.75) is 18.8 Å². The van der Waals surface area contributed by atoms with Gasteiger partial charge in [0.25, 0.3) is 0 Å². The molecule has 0 radical (unpaired) electrons. The molecule has 1 heterocycles. The molecule has 0 bridgehead atoms. The van der Waals surface area contributed by atoms with Gasteiger partial charge in [0.15, 0.2) is 0 Å². The maximum absolute atomic E-state index is 12.7. The van der Waals surface area contributed by atoms with Gasteiger partial charge >= 0.3 is 18.3 Å². The number of hydrogen-bond acceptors (Lipinski definition) is 3. The second-order valence-corrected chi connectivity index (χ2v) is 3.43. The molecule has 0 amide bonds. The van der Waals surface area contributed by atoms with E-state index in [1.54, 1.807) is 0 Å². The molecule has 3 nitrogen and oxygen atoms in total. The number of ether oxygens (including phenoxy) is 1. The molecule has 0 fully saturated rings. The van der Waals surface area contributed by atoms with E-state index in [-0.39, 0.29) is 6.07 Å². The molecule has 9 heteroatoms. The summed E-state index contributed by atoms with van der Waals surface area (Å²) in [6.45, 7) is 0. The summed E-state index contributed by atoms with van der Waals surface area (Å²) in [6, 6.07) is 0.212. The zero-order chi connectivity index (χ0) is 14.8. The number of carbonyl (C=O) groups excluding carboxylic acids is 1. The van der Waals surface area contributed by atoms with Crippen molar-refractivity contribution in [2.75, 3.05) is 7.11 Å². The zero-order valence-electron chi connectivity index (χ0n) is 9.39. The lowest BCUT2D eigenvalue weighted by molar-refractivity contribution is -0.163. The van der Waals surface area contributed by atoms with Gasteiger partial charge in [-0.3, -0.25) is 9.78 Å². The fourth-order valence-corrected chi connectivity index (χ4v) is 1.40. The molecule has 0 aliphatic rings. The fourth-order valence-electron chi connectivity index (χ4n) is 1.40. The summed E-state index contributed by atoms with van der Waals surface area (Å²) in [5, 5.41) is 0. The van der Waals surface area contributed by atoms with E-state index in [1.807, 2.05) is 0 Å². The predicted molar refractivity (Wildman–Crippen MR) is 50.0 cm³/mol. The lowest BCUT2D eigenvalue weighted by atomic mass is 10.0. The second-order valence-electron chi connectivity index (χ2n) is 3.43. The van der Waals surface area contributed by atoms with Crippen molar-refractivity contribution in [3.05, 3.63) is 29.1 Å². The largest absolute Gasteiger partial charge is 0.469 e. The van der Waals surface area contributed by atoms with E-state index in [9.17, 15) is 31.1 Å². The molecule has 1 rings (SSSR count). The SMILES string of the molecule is COC(=O)Cc1nccc(C(F)(F)F)c1C(F)(F)F. The molecule has 0 unspecified atom stereocenters. The van der Waals surface area contributed by atoms with Crippen LogP contribution in [0.1, 0.15) is 16.8 Å². The molecule has 0 aliphatic heterocycles. The van der Waals surface area contributed by atoms with Crippen LogP contribution in [0.15, 0.2) is 12.3 Å². The summed E-state index contributed by atoms with van der Waals surface area (Å²) in [5.41, 5.74) is -4.86. The molecule has 0 aromatic carbocycles. The molecule has 0 N–H and O–H groups in total. The van der Waals surface area contributed by atoms with Crippen LogP contribution in [0, 0.1) is 0 Å². The van der Waals surface area contributed by atoms with E-state index in [1.165, 1.54) is 0 Å². The molecule has 1 aromatic rings. The summed E-state index contributed by atoms with van der Waals surface area (Å²) in [4.78, 5) is 14.1. The van der Waals surface area contributed by atoms with Crippen molar-refractivity contribution in [2.24, 2.45) is 0 Å². The Hall–Kier alpha value is -1.80. The van der Waals surface area contributed by atoms with E-state index in [0.717, 1.165) is 7.11 Å².